The quantitative estimate of drug-likeness (QED) is 0.575. The molecular weight excluding hydrogens is 374 g/mol. The second-order valence-electron chi connectivity index (χ2n) is 6.90. The number of hydrogen-bond acceptors (Lipinski definition) is 8. The fourth-order valence-electron chi connectivity index (χ4n) is 3.41. The topological polar surface area (TPSA) is 102 Å². The molecule has 1 aliphatic rings. The number of benzene rings is 1. The molecule has 0 radical (unpaired) electrons. The number of carbonyl (C=O) groups excluding carboxylic acids is 1. The van der Waals surface area contributed by atoms with Crippen LogP contribution in [0.1, 0.15) is 23.1 Å². The maximum Gasteiger partial charge on any atom is 0.244 e. The van der Waals surface area contributed by atoms with Gasteiger partial charge in [0, 0.05) is 26.2 Å². The van der Waals surface area contributed by atoms with E-state index in [4.69, 9.17) is 9.26 Å². The zero-order chi connectivity index (χ0) is 20.1. The lowest BCUT2D eigenvalue weighted by atomic mass is 10.0. The van der Waals surface area contributed by atoms with Crippen LogP contribution in [0.4, 0.5) is 0 Å². The van der Waals surface area contributed by atoms with Gasteiger partial charge in [-0.2, -0.15) is 0 Å². The summed E-state index contributed by atoms with van der Waals surface area (Å²) in [5.74, 6) is 0.525. The first-order valence-electron chi connectivity index (χ1n) is 9.48. The molecule has 4 rings (SSSR count). The Morgan fingerprint density at radius 2 is 2.00 bits per heavy atom. The second-order valence-corrected chi connectivity index (χ2v) is 6.90. The molecule has 0 spiro atoms. The zero-order valence-electron chi connectivity index (χ0n) is 16.2. The van der Waals surface area contributed by atoms with Crippen LogP contribution >= 0.6 is 0 Å². The normalized spacial score (nSPS) is 15.9. The third-order valence-corrected chi connectivity index (χ3v) is 4.93. The molecule has 1 fully saturated rings. The van der Waals surface area contributed by atoms with Crippen molar-refractivity contribution in [1.29, 1.82) is 0 Å². The van der Waals surface area contributed by atoms with Gasteiger partial charge in [0.05, 0.1) is 25.8 Å². The van der Waals surface area contributed by atoms with Crippen molar-refractivity contribution in [3.63, 3.8) is 0 Å². The number of hydrogen-bond donors (Lipinski definition) is 0. The van der Waals surface area contributed by atoms with Crippen LogP contribution in [-0.4, -0.2) is 74.4 Å². The highest BCUT2D eigenvalue weighted by Gasteiger charge is 2.29. The number of aromatic nitrogens is 5. The Morgan fingerprint density at radius 3 is 2.72 bits per heavy atom. The van der Waals surface area contributed by atoms with Crippen LogP contribution in [0.5, 0.6) is 0 Å². The highest BCUT2D eigenvalue weighted by Crippen LogP contribution is 2.27. The van der Waals surface area contributed by atoms with Gasteiger partial charge in [-0.1, -0.05) is 35.5 Å². The highest BCUT2D eigenvalue weighted by molar-refractivity contribution is 5.75. The monoisotopic (exact) mass is 397 g/mol. The summed E-state index contributed by atoms with van der Waals surface area (Å²) in [5, 5.41) is 16.1. The largest absolute Gasteiger partial charge is 0.379 e. The van der Waals surface area contributed by atoms with E-state index < -0.39 is 0 Å². The van der Waals surface area contributed by atoms with Crippen molar-refractivity contribution in [3.8, 4) is 0 Å². The lowest BCUT2D eigenvalue weighted by Gasteiger charge is -2.33. The summed E-state index contributed by atoms with van der Waals surface area (Å²) in [6.45, 7) is 3.26. The summed E-state index contributed by atoms with van der Waals surface area (Å²) in [5.41, 5.74) is 1.77. The van der Waals surface area contributed by atoms with E-state index in [2.05, 4.69) is 37.7 Å². The number of carbonyl (C=O) groups is 1. The standard InChI is InChI=1S/C19H23N7O3/c1-24(13-16-7-10-29-21-16)17(27)14-26-19(20-22-23-26)18(15-5-3-2-4-6-15)25-8-11-28-12-9-25/h2-7,10,18H,8-9,11-14H2,1H3/t18-/m0/s1. The van der Waals surface area contributed by atoms with E-state index in [1.165, 1.54) is 6.26 Å². The van der Waals surface area contributed by atoms with Crippen LogP contribution in [-0.2, 0) is 22.6 Å². The third kappa shape index (κ3) is 4.49. The van der Waals surface area contributed by atoms with Gasteiger partial charge in [-0.25, -0.2) is 4.68 Å². The lowest BCUT2D eigenvalue weighted by molar-refractivity contribution is -0.131. The molecule has 0 bridgehead atoms. The Hall–Kier alpha value is -3.11. The number of morpholine rings is 1. The Labute approximate surface area is 168 Å². The van der Waals surface area contributed by atoms with Crippen molar-refractivity contribution in [2.75, 3.05) is 33.4 Å². The first-order chi connectivity index (χ1) is 14.2. The summed E-state index contributed by atoms with van der Waals surface area (Å²) in [6, 6.07) is 11.7. The molecule has 29 heavy (non-hydrogen) atoms. The Kier molecular flexibility index (Phi) is 5.92. The lowest BCUT2D eigenvalue weighted by Crippen LogP contribution is -2.41. The maximum absolute atomic E-state index is 12.7. The average Bonchev–Trinajstić information content (AvgIpc) is 3.42. The van der Waals surface area contributed by atoms with Gasteiger partial charge >= 0.3 is 0 Å². The number of ether oxygens (including phenoxy) is 1. The predicted molar refractivity (Wildman–Crippen MR) is 101 cm³/mol. The Morgan fingerprint density at radius 1 is 1.21 bits per heavy atom. The minimum Gasteiger partial charge on any atom is -0.379 e. The zero-order valence-corrected chi connectivity index (χ0v) is 16.2. The molecule has 3 aromatic rings. The van der Waals surface area contributed by atoms with Gasteiger partial charge in [-0.15, -0.1) is 5.10 Å². The minimum absolute atomic E-state index is 0.0460. The number of nitrogens with zero attached hydrogens (tertiary/aromatic N) is 7. The third-order valence-electron chi connectivity index (χ3n) is 4.93. The van der Waals surface area contributed by atoms with Crippen molar-refractivity contribution >= 4 is 5.91 Å². The molecule has 0 saturated carbocycles. The summed E-state index contributed by atoms with van der Waals surface area (Å²) >= 11 is 0. The molecule has 0 aliphatic carbocycles. The summed E-state index contributed by atoms with van der Waals surface area (Å²) in [4.78, 5) is 16.6. The summed E-state index contributed by atoms with van der Waals surface area (Å²) in [6.07, 6.45) is 1.49. The fourth-order valence-corrected chi connectivity index (χ4v) is 3.41. The number of likely N-dealkylation sites (N-methyl/N-ethyl adjacent to an activating group) is 1. The molecule has 0 N–H and O–H groups in total. The van der Waals surface area contributed by atoms with Gasteiger partial charge < -0.3 is 14.2 Å². The van der Waals surface area contributed by atoms with Crippen molar-refractivity contribution in [1.82, 2.24) is 35.2 Å². The van der Waals surface area contributed by atoms with Gasteiger partial charge in [0.1, 0.15) is 18.5 Å². The van der Waals surface area contributed by atoms with E-state index in [9.17, 15) is 4.79 Å². The van der Waals surface area contributed by atoms with Crippen LogP contribution in [0.25, 0.3) is 0 Å². The van der Waals surface area contributed by atoms with Crippen molar-refractivity contribution in [3.05, 3.63) is 59.7 Å². The van der Waals surface area contributed by atoms with Crippen molar-refractivity contribution < 1.29 is 14.1 Å². The van der Waals surface area contributed by atoms with E-state index in [0.29, 0.717) is 31.3 Å². The SMILES string of the molecule is CN(Cc1ccon1)C(=O)Cn1nnnc1[C@H](c1ccccc1)N1CCOCC1. The number of rotatable bonds is 7. The molecule has 10 heteroatoms. The van der Waals surface area contributed by atoms with E-state index >= 15 is 0 Å². The van der Waals surface area contributed by atoms with Crippen LogP contribution in [0.3, 0.4) is 0 Å². The average molecular weight is 397 g/mol. The highest BCUT2D eigenvalue weighted by atomic mass is 16.5. The molecule has 1 aromatic carbocycles. The molecule has 0 unspecified atom stereocenters. The Balaban J connectivity index is 1.55. The summed E-state index contributed by atoms with van der Waals surface area (Å²) < 4.78 is 11.9. The molecule has 10 nitrogen and oxygen atoms in total. The molecule has 1 amide bonds. The molecule has 3 heterocycles. The van der Waals surface area contributed by atoms with Crippen LogP contribution in [0, 0.1) is 0 Å². The van der Waals surface area contributed by atoms with Gasteiger partial charge in [0.2, 0.25) is 5.91 Å². The van der Waals surface area contributed by atoms with Gasteiger partial charge in [0.25, 0.3) is 0 Å². The molecule has 152 valence electrons. The van der Waals surface area contributed by atoms with Crippen LogP contribution in [0.2, 0.25) is 0 Å². The van der Waals surface area contributed by atoms with Crippen LogP contribution < -0.4 is 0 Å². The predicted octanol–water partition coefficient (Wildman–Crippen LogP) is 0.741. The number of amides is 1. The van der Waals surface area contributed by atoms with Gasteiger partial charge in [-0.05, 0) is 16.0 Å². The second kappa shape index (κ2) is 8.93. The fraction of sp³-hybridized carbons (Fsp3) is 0.421. The first-order valence-corrected chi connectivity index (χ1v) is 9.48. The van der Waals surface area contributed by atoms with E-state index in [1.54, 1.807) is 22.7 Å². The molecule has 2 aromatic heterocycles. The van der Waals surface area contributed by atoms with Crippen molar-refractivity contribution in [2.45, 2.75) is 19.1 Å². The summed E-state index contributed by atoms with van der Waals surface area (Å²) in [7, 11) is 1.72. The van der Waals surface area contributed by atoms with Crippen molar-refractivity contribution in [2.24, 2.45) is 0 Å². The molecule has 1 saturated heterocycles. The Bertz CT molecular complexity index is 907. The van der Waals surface area contributed by atoms with E-state index in [1.807, 2.05) is 18.2 Å². The van der Waals surface area contributed by atoms with E-state index in [0.717, 1.165) is 18.7 Å². The molecular formula is C19H23N7O3. The van der Waals surface area contributed by atoms with E-state index in [-0.39, 0.29) is 18.5 Å². The van der Waals surface area contributed by atoms with Gasteiger partial charge in [0.15, 0.2) is 5.82 Å². The maximum atomic E-state index is 12.7. The number of tetrazole rings is 1. The van der Waals surface area contributed by atoms with Gasteiger partial charge in [-0.3, -0.25) is 9.69 Å². The molecule has 1 aliphatic heterocycles. The first kappa shape index (κ1) is 19.2. The minimum atomic E-state index is -0.149. The van der Waals surface area contributed by atoms with Crippen LogP contribution in [0.15, 0.2) is 47.2 Å². The smallest absolute Gasteiger partial charge is 0.244 e. The molecule has 1 atom stereocenters.